The second-order valence-electron chi connectivity index (χ2n) is 4.21. The lowest BCUT2D eigenvalue weighted by molar-refractivity contribution is 0.508. The number of aromatic nitrogens is 4. The van der Waals surface area contributed by atoms with E-state index in [1.807, 2.05) is 30.3 Å². The van der Waals surface area contributed by atoms with Crippen molar-refractivity contribution >= 4 is 0 Å². The molecule has 0 aliphatic heterocycles. The predicted molar refractivity (Wildman–Crippen MR) is 66.5 cm³/mol. The van der Waals surface area contributed by atoms with Crippen molar-refractivity contribution in [3.63, 3.8) is 0 Å². The fourth-order valence-corrected chi connectivity index (χ4v) is 1.87. The van der Waals surface area contributed by atoms with Crippen LogP contribution in [0.2, 0.25) is 0 Å². The Bertz CT molecular complexity index is 431. The summed E-state index contributed by atoms with van der Waals surface area (Å²) < 4.78 is 1.83. The van der Waals surface area contributed by atoms with Gasteiger partial charge >= 0.3 is 0 Å². The van der Waals surface area contributed by atoms with Gasteiger partial charge in [-0.25, -0.2) is 4.98 Å². The van der Waals surface area contributed by atoms with E-state index in [9.17, 15) is 0 Å². The first-order chi connectivity index (χ1) is 8.29. The van der Waals surface area contributed by atoms with Crippen molar-refractivity contribution in [3.05, 3.63) is 36.2 Å². The Kier molecular flexibility index (Phi) is 3.93. The number of H-pyrrole nitrogens is 1. The third-order valence-corrected chi connectivity index (χ3v) is 2.69. The van der Waals surface area contributed by atoms with Crippen LogP contribution in [0.5, 0.6) is 0 Å². The van der Waals surface area contributed by atoms with Gasteiger partial charge in [0, 0.05) is 25.6 Å². The zero-order valence-electron chi connectivity index (χ0n) is 10.3. The highest BCUT2D eigenvalue weighted by atomic mass is 15.2. The minimum atomic E-state index is 0.231. The van der Waals surface area contributed by atoms with Crippen LogP contribution in [0.3, 0.4) is 0 Å². The van der Waals surface area contributed by atoms with Gasteiger partial charge in [-0.3, -0.25) is 4.68 Å². The van der Waals surface area contributed by atoms with Gasteiger partial charge in [-0.2, -0.15) is 5.10 Å². The van der Waals surface area contributed by atoms with E-state index in [2.05, 4.69) is 27.3 Å². The number of hydrogen-bond donors (Lipinski definition) is 2. The SMILES string of the molecule is CCCNC(Cc1cnn(C)c1)c1ncc[nH]1. The van der Waals surface area contributed by atoms with Gasteiger partial charge < -0.3 is 10.3 Å². The smallest absolute Gasteiger partial charge is 0.123 e. The van der Waals surface area contributed by atoms with Gasteiger partial charge in [-0.1, -0.05) is 6.92 Å². The highest BCUT2D eigenvalue weighted by Crippen LogP contribution is 2.14. The summed E-state index contributed by atoms with van der Waals surface area (Å²) in [5.74, 6) is 0.988. The molecule has 0 saturated carbocycles. The van der Waals surface area contributed by atoms with E-state index in [0.717, 1.165) is 25.2 Å². The molecule has 1 atom stereocenters. The average molecular weight is 233 g/mol. The molecule has 2 heterocycles. The van der Waals surface area contributed by atoms with Crippen molar-refractivity contribution in [2.75, 3.05) is 6.54 Å². The number of rotatable bonds is 6. The summed E-state index contributed by atoms with van der Waals surface area (Å²) in [5, 5.41) is 7.69. The first-order valence-corrected chi connectivity index (χ1v) is 5.99. The lowest BCUT2D eigenvalue weighted by atomic mass is 10.1. The minimum Gasteiger partial charge on any atom is -0.347 e. The number of imidazole rings is 1. The molecule has 2 aromatic heterocycles. The van der Waals surface area contributed by atoms with Crippen molar-refractivity contribution in [2.45, 2.75) is 25.8 Å². The Balaban J connectivity index is 2.05. The molecule has 2 aromatic rings. The van der Waals surface area contributed by atoms with E-state index < -0.39 is 0 Å². The van der Waals surface area contributed by atoms with Crippen LogP contribution in [0.4, 0.5) is 0 Å². The molecule has 0 fully saturated rings. The fourth-order valence-electron chi connectivity index (χ4n) is 1.87. The molecule has 5 nitrogen and oxygen atoms in total. The Labute approximate surface area is 101 Å². The molecule has 0 radical (unpaired) electrons. The third-order valence-electron chi connectivity index (χ3n) is 2.69. The topological polar surface area (TPSA) is 58.5 Å². The predicted octanol–water partition coefficient (Wildman–Crippen LogP) is 1.43. The van der Waals surface area contributed by atoms with Crippen LogP contribution in [0.25, 0.3) is 0 Å². The van der Waals surface area contributed by atoms with E-state index in [1.165, 1.54) is 5.56 Å². The molecule has 0 aromatic carbocycles. The Hall–Kier alpha value is -1.62. The summed E-state index contributed by atoms with van der Waals surface area (Å²) in [6.45, 7) is 3.15. The second-order valence-corrected chi connectivity index (χ2v) is 4.21. The van der Waals surface area contributed by atoms with Crippen molar-refractivity contribution in [2.24, 2.45) is 7.05 Å². The van der Waals surface area contributed by atoms with Crippen LogP contribution < -0.4 is 5.32 Å². The first-order valence-electron chi connectivity index (χ1n) is 5.99. The van der Waals surface area contributed by atoms with Gasteiger partial charge in [0.05, 0.1) is 12.2 Å². The van der Waals surface area contributed by atoms with E-state index in [0.29, 0.717) is 0 Å². The summed E-state index contributed by atoms with van der Waals surface area (Å²) in [4.78, 5) is 7.50. The molecule has 92 valence electrons. The fraction of sp³-hybridized carbons (Fsp3) is 0.500. The Morgan fingerprint density at radius 3 is 3.00 bits per heavy atom. The van der Waals surface area contributed by atoms with Crippen molar-refractivity contribution in [1.29, 1.82) is 0 Å². The van der Waals surface area contributed by atoms with Crippen molar-refractivity contribution < 1.29 is 0 Å². The lowest BCUT2D eigenvalue weighted by Crippen LogP contribution is -2.25. The maximum atomic E-state index is 4.33. The molecule has 0 amide bonds. The van der Waals surface area contributed by atoms with Crippen LogP contribution in [-0.4, -0.2) is 26.3 Å². The molecule has 1 unspecified atom stereocenters. The number of nitrogens with zero attached hydrogens (tertiary/aromatic N) is 3. The Morgan fingerprint density at radius 2 is 2.41 bits per heavy atom. The number of aryl methyl sites for hydroxylation is 1. The van der Waals surface area contributed by atoms with E-state index >= 15 is 0 Å². The molecule has 0 aliphatic rings. The molecular formula is C12H19N5. The van der Waals surface area contributed by atoms with Gasteiger partial charge in [0.25, 0.3) is 0 Å². The minimum absolute atomic E-state index is 0.231. The maximum Gasteiger partial charge on any atom is 0.123 e. The second kappa shape index (κ2) is 5.63. The molecule has 0 saturated heterocycles. The maximum absolute atomic E-state index is 4.33. The van der Waals surface area contributed by atoms with Gasteiger partial charge in [0.1, 0.15) is 5.82 Å². The number of hydrogen-bond acceptors (Lipinski definition) is 3. The summed E-state index contributed by atoms with van der Waals surface area (Å²) in [5.41, 5.74) is 1.22. The Morgan fingerprint density at radius 1 is 1.53 bits per heavy atom. The van der Waals surface area contributed by atoms with Gasteiger partial charge in [-0.05, 0) is 24.9 Å². The third kappa shape index (κ3) is 3.17. The van der Waals surface area contributed by atoms with Crippen LogP contribution >= 0.6 is 0 Å². The standard InChI is InChI=1S/C12H19N5/c1-3-4-13-11(12-14-5-6-15-12)7-10-8-16-17(2)9-10/h5-6,8-9,11,13H,3-4,7H2,1-2H3,(H,14,15). The highest BCUT2D eigenvalue weighted by molar-refractivity contribution is 5.09. The number of aromatic amines is 1. The summed E-state index contributed by atoms with van der Waals surface area (Å²) >= 11 is 0. The monoisotopic (exact) mass is 233 g/mol. The molecule has 17 heavy (non-hydrogen) atoms. The highest BCUT2D eigenvalue weighted by Gasteiger charge is 2.14. The van der Waals surface area contributed by atoms with Gasteiger partial charge in [0.2, 0.25) is 0 Å². The molecule has 5 heteroatoms. The van der Waals surface area contributed by atoms with Crippen LogP contribution in [0.15, 0.2) is 24.8 Å². The number of nitrogens with one attached hydrogen (secondary N) is 2. The van der Waals surface area contributed by atoms with E-state index in [1.54, 1.807) is 6.20 Å². The molecule has 0 aliphatic carbocycles. The summed E-state index contributed by atoms with van der Waals surface area (Å²) in [6.07, 6.45) is 9.62. The molecule has 0 bridgehead atoms. The summed E-state index contributed by atoms with van der Waals surface area (Å²) in [6, 6.07) is 0.231. The van der Waals surface area contributed by atoms with Crippen molar-refractivity contribution in [3.8, 4) is 0 Å². The van der Waals surface area contributed by atoms with Crippen LogP contribution in [0.1, 0.15) is 30.8 Å². The molecule has 2 rings (SSSR count). The average Bonchev–Trinajstić information content (AvgIpc) is 2.95. The zero-order chi connectivity index (χ0) is 12.1. The molecular weight excluding hydrogens is 214 g/mol. The van der Waals surface area contributed by atoms with Gasteiger partial charge in [0.15, 0.2) is 0 Å². The zero-order valence-corrected chi connectivity index (χ0v) is 10.3. The van der Waals surface area contributed by atoms with Gasteiger partial charge in [-0.15, -0.1) is 0 Å². The van der Waals surface area contributed by atoms with Crippen molar-refractivity contribution in [1.82, 2.24) is 25.1 Å². The largest absolute Gasteiger partial charge is 0.347 e. The quantitative estimate of drug-likeness (QED) is 0.793. The molecule has 0 spiro atoms. The normalized spacial score (nSPS) is 12.8. The van der Waals surface area contributed by atoms with E-state index in [4.69, 9.17) is 0 Å². The summed E-state index contributed by atoms with van der Waals surface area (Å²) in [7, 11) is 1.94. The lowest BCUT2D eigenvalue weighted by Gasteiger charge is -2.15. The first kappa shape index (κ1) is 11.9. The van der Waals surface area contributed by atoms with Crippen LogP contribution in [0, 0.1) is 0 Å². The molecule has 2 N–H and O–H groups in total. The van der Waals surface area contributed by atoms with Crippen LogP contribution in [-0.2, 0) is 13.5 Å². The van der Waals surface area contributed by atoms with E-state index in [-0.39, 0.29) is 6.04 Å².